The van der Waals surface area contributed by atoms with Crippen LogP contribution >= 0.6 is 0 Å². The van der Waals surface area contributed by atoms with E-state index in [1.54, 1.807) is 6.20 Å². The monoisotopic (exact) mass is 471 g/mol. The first-order valence-electron chi connectivity index (χ1n) is 12.9. The summed E-state index contributed by atoms with van der Waals surface area (Å²) in [5.74, 6) is 2.46. The molecule has 1 amide bonds. The topological polar surface area (TPSA) is 70.6 Å². The van der Waals surface area contributed by atoms with Gasteiger partial charge in [-0.05, 0) is 37.3 Å². The van der Waals surface area contributed by atoms with Crippen LogP contribution in [0.2, 0.25) is 0 Å². The van der Waals surface area contributed by atoms with E-state index in [0.29, 0.717) is 18.2 Å². The van der Waals surface area contributed by atoms with Gasteiger partial charge in [0.05, 0.1) is 23.9 Å². The summed E-state index contributed by atoms with van der Waals surface area (Å²) in [7, 11) is 3.98. The molecule has 35 heavy (non-hydrogen) atoms. The molecule has 2 fully saturated rings. The van der Waals surface area contributed by atoms with Gasteiger partial charge in [-0.15, -0.1) is 0 Å². The number of ether oxygens (including phenoxy) is 1. The molecule has 0 bridgehead atoms. The maximum Gasteiger partial charge on any atom is 0.255 e. The van der Waals surface area contributed by atoms with Crippen LogP contribution in [0.1, 0.15) is 60.5 Å². The zero-order valence-corrected chi connectivity index (χ0v) is 20.5. The molecule has 4 heterocycles. The van der Waals surface area contributed by atoms with Crippen LogP contribution in [0.15, 0.2) is 42.7 Å². The Morgan fingerprint density at radius 1 is 1.09 bits per heavy atom. The number of benzene rings is 1. The third-order valence-electron chi connectivity index (χ3n) is 7.98. The average molecular weight is 472 g/mol. The molecule has 1 N–H and O–H groups in total. The molecule has 7 nitrogen and oxygen atoms in total. The SMILES string of the molecule is CN(C)c1c(C(=O)N[C@H]2CCOc3ccccc32)cnc2c(N3CC[C@@H]4CCCC[C@@H]43)nccc12. The van der Waals surface area contributed by atoms with Crippen molar-refractivity contribution in [3.63, 3.8) is 0 Å². The number of anilines is 2. The summed E-state index contributed by atoms with van der Waals surface area (Å²) in [6.45, 7) is 1.62. The van der Waals surface area contributed by atoms with Crippen molar-refractivity contribution < 1.29 is 9.53 Å². The van der Waals surface area contributed by atoms with Crippen molar-refractivity contribution in [1.82, 2.24) is 15.3 Å². The number of rotatable bonds is 4. The van der Waals surface area contributed by atoms with Crippen LogP contribution in [0.4, 0.5) is 11.5 Å². The van der Waals surface area contributed by atoms with Gasteiger partial charge in [0, 0.05) is 56.4 Å². The highest BCUT2D eigenvalue weighted by Crippen LogP contribution is 2.41. The normalized spacial score (nSPS) is 23.4. The van der Waals surface area contributed by atoms with Crippen molar-refractivity contribution in [2.75, 3.05) is 37.0 Å². The van der Waals surface area contributed by atoms with Gasteiger partial charge in [0.15, 0.2) is 5.82 Å². The second kappa shape index (κ2) is 9.02. The van der Waals surface area contributed by atoms with Crippen LogP contribution in [0.25, 0.3) is 10.9 Å². The molecule has 0 spiro atoms. The van der Waals surface area contributed by atoms with Crippen molar-refractivity contribution in [3.05, 3.63) is 53.9 Å². The first-order chi connectivity index (χ1) is 17.1. The van der Waals surface area contributed by atoms with E-state index in [-0.39, 0.29) is 11.9 Å². The smallest absolute Gasteiger partial charge is 0.255 e. The van der Waals surface area contributed by atoms with E-state index >= 15 is 0 Å². The van der Waals surface area contributed by atoms with E-state index < -0.39 is 0 Å². The molecule has 1 aliphatic carbocycles. The average Bonchev–Trinajstić information content (AvgIpc) is 3.31. The van der Waals surface area contributed by atoms with Crippen LogP contribution < -0.4 is 19.9 Å². The van der Waals surface area contributed by atoms with Gasteiger partial charge in [-0.2, -0.15) is 0 Å². The number of fused-ring (bicyclic) bond motifs is 3. The minimum atomic E-state index is -0.114. The largest absolute Gasteiger partial charge is 0.493 e. The van der Waals surface area contributed by atoms with E-state index in [9.17, 15) is 4.79 Å². The Hall–Kier alpha value is -3.35. The molecular formula is C28H33N5O2. The summed E-state index contributed by atoms with van der Waals surface area (Å²) in [4.78, 5) is 27.7. The number of aromatic nitrogens is 2. The van der Waals surface area contributed by atoms with Crippen LogP contribution in [0.3, 0.4) is 0 Å². The lowest BCUT2D eigenvalue weighted by molar-refractivity contribution is 0.0925. The minimum absolute atomic E-state index is 0.0843. The van der Waals surface area contributed by atoms with Gasteiger partial charge < -0.3 is 19.9 Å². The number of hydrogen-bond donors (Lipinski definition) is 1. The summed E-state index contributed by atoms with van der Waals surface area (Å²) in [5.41, 5.74) is 3.38. The fourth-order valence-electron chi connectivity index (χ4n) is 6.35. The van der Waals surface area contributed by atoms with Gasteiger partial charge in [-0.25, -0.2) is 4.98 Å². The number of nitrogens with zero attached hydrogens (tertiary/aromatic N) is 4. The van der Waals surface area contributed by atoms with Gasteiger partial charge in [0.2, 0.25) is 0 Å². The molecule has 1 aromatic carbocycles. The number of amides is 1. The van der Waals surface area contributed by atoms with Crippen LogP contribution in [-0.2, 0) is 0 Å². The number of carbonyl (C=O) groups is 1. The molecule has 0 radical (unpaired) electrons. The van der Waals surface area contributed by atoms with Gasteiger partial charge in [0.1, 0.15) is 11.3 Å². The molecule has 6 rings (SSSR count). The van der Waals surface area contributed by atoms with Crippen molar-refractivity contribution in [1.29, 1.82) is 0 Å². The highest BCUT2D eigenvalue weighted by molar-refractivity contribution is 6.09. The Bertz CT molecular complexity index is 1260. The van der Waals surface area contributed by atoms with E-state index in [1.165, 1.54) is 32.1 Å². The second-order valence-corrected chi connectivity index (χ2v) is 10.2. The molecular weight excluding hydrogens is 438 g/mol. The van der Waals surface area contributed by atoms with Crippen molar-refractivity contribution in [3.8, 4) is 5.75 Å². The summed E-state index contributed by atoms with van der Waals surface area (Å²) < 4.78 is 5.78. The quantitative estimate of drug-likeness (QED) is 0.594. The molecule has 1 saturated carbocycles. The lowest BCUT2D eigenvalue weighted by Gasteiger charge is -2.33. The molecule has 1 saturated heterocycles. The summed E-state index contributed by atoms with van der Waals surface area (Å²) >= 11 is 0. The van der Waals surface area contributed by atoms with Crippen LogP contribution in [-0.4, -0.2) is 49.2 Å². The Kier molecular flexibility index (Phi) is 5.71. The predicted molar refractivity (Wildman–Crippen MR) is 138 cm³/mol. The van der Waals surface area contributed by atoms with E-state index in [1.807, 2.05) is 55.5 Å². The lowest BCUT2D eigenvalue weighted by Crippen LogP contribution is -2.35. The summed E-state index contributed by atoms with van der Waals surface area (Å²) in [6.07, 6.45) is 10.8. The Morgan fingerprint density at radius 3 is 2.83 bits per heavy atom. The first-order valence-corrected chi connectivity index (χ1v) is 12.9. The zero-order chi connectivity index (χ0) is 23.9. The third kappa shape index (κ3) is 3.87. The maximum atomic E-state index is 13.6. The standard InChI is InChI=1S/C28H33N5O2/c1-32(2)26-20-11-14-29-27(33-15-12-18-7-3-5-9-23(18)33)25(20)30-17-21(26)28(34)31-22-13-16-35-24-10-6-4-8-19(22)24/h4,6,8,10-11,14,17-18,22-23H,3,5,7,9,12-13,15-16H2,1-2H3,(H,31,34)/t18-,22-,23-/m0/s1. The molecule has 182 valence electrons. The fraction of sp³-hybridized carbons (Fsp3) is 0.464. The van der Waals surface area contributed by atoms with Crippen molar-refractivity contribution >= 4 is 28.3 Å². The summed E-state index contributed by atoms with van der Waals surface area (Å²) in [5, 5.41) is 4.22. The van der Waals surface area contributed by atoms with Gasteiger partial charge >= 0.3 is 0 Å². The van der Waals surface area contributed by atoms with Gasteiger partial charge in [-0.1, -0.05) is 31.0 Å². The third-order valence-corrected chi connectivity index (χ3v) is 7.98. The molecule has 2 aromatic heterocycles. The molecule has 3 aromatic rings. The molecule has 3 atom stereocenters. The van der Waals surface area contributed by atoms with Crippen molar-refractivity contribution in [2.45, 2.75) is 50.6 Å². The van der Waals surface area contributed by atoms with E-state index in [2.05, 4.69) is 10.2 Å². The second-order valence-electron chi connectivity index (χ2n) is 10.2. The fourth-order valence-corrected chi connectivity index (χ4v) is 6.35. The number of carbonyl (C=O) groups excluding carboxylic acids is 1. The Morgan fingerprint density at radius 2 is 1.94 bits per heavy atom. The molecule has 2 aliphatic heterocycles. The van der Waals surface area contributed by atoms with Crippen LogP contribution in [0, 0.1) is 5.92 Å². The van der Waals surface area contributed by atoms with Gasteiger partial charge in [0.25, 0.3) is 5.91 Å². The number of para-hydroxylation sites is 1. The van der Waals surface area contributed by atoms with Crippen molar-refractivity contribution in [2.24, 2.45) is 5.92 Å². The summed E-state index contributed by atoms with van der Waals surface area (Å²) in [6, 6.07) is 10.4. The molecule has 3 aliphatic rings. The highest BCUT2D eigenvalue weighted by Gasteiger charge is 2.37. The maximum absolute atomic E-state index is 13.6. The minimum Gasteiger partial charge on any atom is -0.493 e. The number of nitrogens with one attached hydrogen (secondary N) is 1. The Labute approximate surface area is 206 Å². The molecule has 7 heteroatoms. The zero-order valence-electron chi connectivity index (χ0n) is 20.5. The number of hydrogen-bond acceptors (Lipinski definition) is 6. The predicted octanol–water partition coefficient (Wildman–Crippen LogP) is 4.72. The van der Waals surface area contributed by atoms with E-state index in [4.69, 9.17) is 14.7 Å². The van der Waals surface area contributed by atoms with Gasteiger partial charge in [-0.3, -0.25) is 9.78 Å². The van der Waals surface area contributed by atoms with Crippen LogP contribution in [0.5, 0.6) is 5.75 Å². The number of pyridine rings is 2. The lowest BCUT2D eigenvalue weighted by atomic mass is 9.85. The van der Waals surface area contributed by atoms with E-state index in [0.717, 1.165) is 52.6 Å². The highest BCUT2D eigenvalue weighted by atomic mass is 16.5. The Balaban J connectivity index is 1.36. The first kappa shape index (κ1) is 22.1. The molecule has 0 unspecified atom stereocenters.